The molecule has 0 spiro atoms. The van der Waals surface area contributed by atoms with E-state index in [4.69, 9.17) is 16.3 Å². The van der Waals surface area contributed by atoms with Crippen molar-refractivity contribution in [3.63, 3.8) is 0 Å². The number of para-hydroxylation sites is 1. The second-order valence-corrected chi connectivity index (χ2v) is 11.0. The summed E-state index contributed by atoms with van der Waals surface area (Å²) in [5.74, 6) is 0.982. The maximum atomic E-state index is 13.6. The Morgan fingerprint density at radius 3 is 2.47 bits per heavy atom. The van der Waals surface area contributed by atoms with Gasteiger partial charge in [0.2, 0.25) is 10.0 Å². The van der Waals surface area contributed by atoms with Crippen LogP contribution in [0.5, 0.6) is 5.75 Å². The first-order valence-electron chi connectivity index (χ1n) is 10.7. The highest BCUT2D eigenvalue weighted by Gasteiger charge is 2.45. The molecule has 5 rings (SSSR count). The van der Waals surface area contributed by atoms with E-state index >= 15 is 0 Å². The Kier molecular flexibility index (Phi) is 5.52. The number of ether oxygens (including phenoxy) is 1. The molecule has 0 radical (unpaired) electrons. The molecule has 2 aromatic rings. The zero-order valence-electron chi connectivity index (χ0n) is 16.9. The molecule has 5 nitrogen and oxygen atoms in total. The van der Waals surface area contributed by atoms with Crippen LogP contribution in [-0.2, 0) is 16.6 Å². The van der Waals surface area contributed by atoms with Crippen LogP contribution in [-0.4, -0.2) is 49.4 Å². The van der Waals surface area contributed by atoms with Crippen molar-refractivity contribution in [1.82, 2.24) is 9.21 Å². The van der Waals surface area contributed by atoms with Gasteiger partial charge in [-0.15, -0.1) is 0 Å². The zero-order valence-corrected chi connectivity index (χ0v) is 18.5. The number of hydrogen-bond donors (Lipinski definition) is 0. The van der Waals surface area contributed by atoms with Gasteiger partial charge in [0.15, 0.2) is 0 Å². The molecule has 7 heteroatoms. The number of nitrogens with zero attached hydrogens (tertiary/aromatic N) is 2. The lowest BCUT2D eigenvalue weighted by Gasteiger charge is -2.31. The van der Waals surface area contributed by atoms with Crippen LogP contribution in [0.4, 0.5) is 0 Å². The largest absolute Gasteiger partial charge is 0.487 e. The van der Waals surface area contributed by atoms with Crippen molar-refractivity contribution in [3.05, 3.63) is 59.1 Å². The van der Waals surface area contributed by atoms with Gasteiger partial charge < -0.3 is 4.74 Å². The van der Waals surface area contributed by atoms with Crippen LogP contribution in [0, 0.1) is 5.92 Å². The van der Waals surface area contributed by atoms with E-state index in [2.05, 4.69) is 17.0 Å². The molecular weight excluding hydrogens is 420 g/mol. The Bertz CT molecular complexity index is 1010. The first-order chi connectivity index (χ1) is 14.5. The Morgan fingerprint density at radius 1 is 0.967 bits per heavy atom. The summed E-state index contributed by atoms with van der Waals surface area (Å²) >= 11 is 6.02. The molecule has 1 saturated heterocycles. The Morgan fingerprint density at radius 2 is 1.70 bits per heavy atom. The van der Waals surface area contributed by atoms with Crippen LogP contribution < -0.4 is 4.74 Å². The summed E-state index contributed by atoms with van der Waals surface area (Å²) in [6.45, 7) is 3.17. The first kappa shape index (κ1) is 20.3. The molecule has 160 valence electrons. The van der Waals surface area contributed by atoms with E-state index in [1.54, 1.807) is 22.5 Å². The highest BCUT2D eigenvalue weighted by molar-refractivity contribution is 7.89. The number of halogens is 1. The lowest BCUT2D eigenvalue weighted by Crippen LogP contribution is -2.48. The number of benzene rings is 2. The van der Waals surface area contributed by atoms with Gasteiger partial charge in [-0.05, 0) is 61.4 Å². The van der Waals surface area contributed by atoms with Gasteiger partial charge in [0.25, 0.3) is 0 Å². The van der Waals surface area contributed by atoms with Crippen molar-refractivity contribution in [3.8, 4) is 5.75 Å². The summed E-state index contributed by atoms with van der Waals surface area (Å²) in [6, 6.07) is 14.9. The van der Waals surface area contributed by atoms with Crippen LogP contribution in [0.25, 0.3) is 0 Å². The molecule has 0 amide bonds. The number of sulfonamides is 1. The normalized spacial score (nSPS) is 26.7. The molecule has 0 aromatic heterocycles. The standard InChI is InChI=1S/C23H27ClN2O3S/c24-19-9-7-17(8-10-19)15-25-13-11-20-21(12-14-25)29-22-3-1-2-4-23(22)30(27,28)26(20)16-18-5-6-18/h1-4,7-10,18,20-21H,5-6,11-16H2/t20-,21-/m1/s1. The second-order valence-electron chi connectivity index (χ2n) is 8.67. The van der Waals surface area contributed by atoms with Gasteiger partial charge in [0.1, 0.15) is 16.7 Å². The highest BCUT2D eigenvalue weighted by atomic mass is 35.5. The Hall–Kier alpha value is -1.60. The second kappa shape index (κ2) is 8.15. The fraction of sp³-hybridized carbons (Fsp3) is 0.478. The summed E-state index contributed by atoms with van der Waals surface area (Å²) in [7, 11) is -3.57. The van der Waals surface area contributed by atoms with Crippen molar-refractivity contribution >= 4 is 21.6 Å². The fourth-order valence-electron chi connectivity index (χ4n) is 4.60. The SMILES string of the molecule is O=S1(=O)c2ccccc2O[C@@H]2CCN(Cc3ccc(Cl)cc3)CC[C@H]2N1CC1CC1. The summed E-state index contributed by atoms with van der Waals surface area (Å²) in [6.07, 6.45) is 3.70. The lowest BCUT2D eigenvalue weighted by atomic mass is 10.1. The van der Waals surface area contributed by atoms with Crippen molar-refractivity contribution in [2.75, 3.05) is 19.6 Å². The van der Waals surface area contributed by atoms with Crippen molar-refractivity contribution < 1.29 is 13.2 Å². The highest BCUT2D eigenvalue weighted by Crippen LogP contribution is 2.39. The smallest absolute Gasteiger partial charge is 0.247 e. The van der Waals surface area contributed by atoms with Gasteiger partial charge >= 0.3 is 0 Å². The minimum atomic E-state index is -3.57. The third-order valence-electron chi connectivity index (χ3n) is 6.44. The van der Waals surface area contributed by atoms with Gasteiger partial charge in [-0.2, -0.15) is 4.31 Å². The molecule has 2 atom stereocenters. The van der Waals surface area contributed by atoms with Crippen LogP contribution in [0.15, 0.2) is 53.4 Å². The molecule has 0 N–H and O–H groups in total. The number of rotatable bonds is 4. The van der Waals surface area contributed by atoms with Gasteiger partial charge in [-0.1, -0.05) is 35.9 Å². The van der Waals surface area contributed by atoms with Gasteiger partial charge in [-0.25, -0.2) is 8.42 Å². The van der Waals surface area contributed by atoms with Crippen molar-refractivity contribution in [2.24, 2.45) is 5.92 Å². The molecule has 1 aliphatic carbocycles. The van der Waals surface area contributed by atoms with Crippen LogP contribution in [0.2, 0.25) is 5.02 Å². The zero-order chi connectivity index (χ0) is 20.7. The Balaban J connectivity index is 1.42. The van der Waals surface area contributed by atoms with Crippen LogP contribution >= 0.6 is 11.6 Å². The maximum absolute atomic E-state index is 13.6. The lowest BCUT2D eigenvalue weighted by molar-refractivity contribution is 0.111. The monoisotopic (exact) mass is 446 g/mol. The molecule has 30 heavy (non-hydrogen) atoms. The van der Waals surface area contributed by atoms with E-state index in [1.165, 1.54) is 5.56 Å². The van der Waals surface area contributed by atoms with Gasteiger partial charge in [-0.3, -0.25) is 4.90 Å². The molecule has 2 heterocycles. The van der Waals surface area contributed by atoms with Gasteiger partial charge in [0, 0.05) is 31.2 Å². The molecular formula is C23H27ClN2O3S. The molecule has 0 bridgehead atoms. The van der Waals surface area contributed by atoms with E-state index in [0.29, 0.717) is 23.1 Å². The number of fused-ring (bicyclic) bond motifs is 2. The first-order valence-corrected chi connectivity index (χ1v) is 12.6. The summed E-state index contributed by atoms with van der Waals surface area (Å²) in [4.78, 5) is 2.71. The minimum Gasteiger partial charge on any atom is -0.487 e. The Labute approximate surface area is 183 Å². The number of likely N-dealkylation sites (tertiary alicyclic amines) is 1. The topological polar surface area (TPSA) is 49.9 Å². The molecule has 2 aromatic carbocycles. The average Bonchev–Trinajstić information content (AvgIpc) is 3.57. The quantitative estimate of drug-likeness (QED) is 0.707. The van der Waals surface area contributed by atoms with E-state index < -0.39 is 10.0 Å². The van der Waals surface area contributed by atoms with E-state index in [-0.39, 0.29) is 12.1 Å². The molecule has 1 saturated carbocycles. The molecule has 3 aliphatic rings. The summed E-state index contributed by atoms with van der Waals surface area (Å²) < 4.78 is 35.3. The third-order valence-corrected chi connectivity index (χ3v) is 8.62. The summed E-state index contributed by atoms with van der Waals surface area (Å²) in [5, 5.41) is 0.741. The van der Waals surface area contributed by atoms with Crippen molar-refractivity contribution in [1.29, 1.82) is 0 Å². The predicted molar refractivity (Wildman–Crippen MR) is 117 cm³/mol. The van der Waals surface area contributed by atoms with Crippen LogP contribution in [0.1, 0.15) is 31.2 Å². The fourth-order valence-corrected chi connectivity index (χ4v) is 6.61. The average molecular weight is 447 g/mol. The number of hydrogen-bond acceptors (Lipinski definition) is 4. The molecule has 0 unspecified atom stereocenters. The predicted octanol–water partition coefficient (Wildman–Crippen LogP) is 4.17. The summed E-state index contributed by atoms with van der Waals surface area (Å²) in [5.41, 5.74) is 1.22. The van der Waals surface area contributed by atoms with Gasteiger partial charge in [0.05, 0.1) is 6.04 Å². The third kappa shape index (κ3) is 4.11. The van der Waals surface area contributed by atoms with Crippen molar-refractivity contribution in [2.45, 2.75) is 49.3 Å². The van der Waals surface area contributed by atoms with E-state index in [9.17, 15) is 8.42 Å². The maximum Gasteiger partial charge on any atom is 0.247 e. The van der Waals surface area contributed by atoms with Crippen LogP contribution in [0.3, 0.4) is 0 Å². The molecule has 2 aliphatic heterocycles. The van der Waals surface area contributed by atoms with E-state index in [0.717, 1.165) is 50.3 Å². The molecule has 2 fully saturated rings. The van der Waals surface area contributed by atoms with E-state index in [1.807, 2.05) is 18.2 Å². The minimum absolute atomic E-state index is 0.127.